The molecule has 0 spiro atoms. The molecule has 1 fully saturated rings. The highest BCUT2D eigenvalue weighted by Gasteiger charge is 2.33. The molecule has 1 aliphatic heterocycles. The maximum Gasteiger partial charge on any atom is 0.416 e. The Balaban J connectivity index is 2.34. The van der Waals surface area contributed by atoms with E-state index in [9.17, 15) is 18.0 Å². The fourth-order valence-electron chi connectivity index (χ4n) is 2.04. The number of carbonyl (C=O) groups excluding carboxylic acids is 1. The van der Waals surface area contributed by atoms with Crippen molar-refractivity contribution >= 4 is 5.91 Å². The molecular formula is C12H12F3NO. The van der Waals surface area contributed by atoms with Gasteiger partial charge in [-0.15, -0.1) is 0 Å². The lowest BCUT2D eigenvalue weighted by atomic mass is 9.94. The fourth-order valence-corrected chi connectivity index (χ4v) is 2.04. The van der Waals surface area contributed by atoms with Crippen molar-refractivity contribution < 1.29 is 18.0 Å². The van der Waals surface area contributed by atoms with E-state index in [4.69, 9.17) is 0 Å². The molecule has 0 aromatic heterocycles. The molecule has 1 aromatic rings. The number of aryl methyl sites for hydroxylation is 1. The van der Waals surface area contributed by atoms with E-state index in [1.807, 2.05) is 0 Å². The van der Waals surface area contributed by atoms with Gasteiger partial charge in [0.25, 0.3) is 0 Å². The van der Waals surface area contributed by atoms with Crippen LogP contribution in [0.4, 0.5) is 13.2 Å². The van der Waals surface area contributed by atoms with Crippen LogP contribution in [0.1, 0.15) is 29.0 Å². The summed E-state index contributed by atoms with van der Waals surface area (Å²) in [6, 6.07) is 4.27. The minimum absolute atomic E-state index is 0.107. The number of nitrogens with one attached hydrogen (secondary N) is 1. The molecule has 92 valence electrons. The van der Waals surface area contributed by atoms with Crippen LogP contribution < -0.4 is 5.32 Å². The topological polar surface area (TPSA) is 29.1 Å². The number of amides is 1. The average molecular weight is 243 g/mol. The Labute approximate surface area is 96.8 Å². The highest BCUT2D eigenvalue weighted by molar-refractivity contribution is 5.79. The van der Waals surface area contributed by atoms with Crippen LogP contribution in [0.5, 0.6) is 0 Å². The summed E-state index contributed by atoms with van der Waals surface area (Å²) < 4.78 is 38.1. The Kier molecular flexibility index (Phi) is 2.85. The lowest BCUT2D eigenvalue weighted by Gasteiger charge is -2.14. The van der Waals surface area contributed by atoms with E-state index in [0.717, 1.165) is 6.07 Å². The number of carbonyl (C=O) groups is 1. The Morgan fingerprint density at radius 2 is 2.06 bits per heavy atom. The first-order valence-corrected chi connectivity index (χ1v) is 5.32. The van der Waals surface area contributed by atoms with Crippen LogP contribution in [0.3, 0.4) is 0 Å². The van der Waals surface area contributed by atoms with Crippen LogP contribution in [0, 0.1) is 6.92 Å². The highest BCUT2D eigenvalue weighted by Crippen LogP contribution is 2.34. The van der Waals surface area contributed by atoms with E-state index in [1.165, 1.54) is 13.0 Å². The van der Waals surface area contributed by atoms with Gasteiger partial charge in [0.05, 0.1) is 5.56 Å². The van der Waals surface area contributed by atoms with Gasteiger partial charge < -0.3 is 5.32 Å². The van der Waals surface area contributed by atoms with E-state index < -0.39 is 11.7 Å². The van der Waals surface area contributed by atoms with Gasteiger partial charge in [0.15, 0.2) is 0 Å². The summed E-state index contributed by atoms with van der Waals surface area (Å²) in [7, 11) is 0. The number of hydrogen-bond donors (Lipinski definition) is 1. The normalized spacial score (nSPS) is 20.5. The van der Waals surface area contributed by atoms with Crippen molar-refractivity contribution in [3.05, 3.63) is 34.9 Å². The Bertz CT molecular complexity index is 454. The van der Waals surface area contributed by atoms with Crippen LogP contribution >= 0.6 is 0 Å². The van der Waals surface area contributed by atoms with Gasteiger partial charge >= 0.3 is 6.18 Å². The average Bonchev–Trinajstić information content (AvgIpc) is 2.64. The molecule has 0 saturated carbocycles. The molecule has 1 aliphatic rings. The Morgan fingerprint density at radius 3 is 2.59 bits per heavy atom. The van der Waals surface area contributed by atoms with E-state index in [2.05, 4.69) is 5.32 Å². The first kappa shape index (κ1) is 12.0. The number of alkyl halides is 3. The second-order valence-corrected chi connectivity index (χ2v) is 4.28. The van der Waals surface area contributed by atoms with Gasteiger partial charge in [-0.05, 0) is 24.1 Å². The van der Waals surface area contributed by atoms with Crippen molar-refractivity contribution in [3.8, 4) is 0 Å². The Hall–Kier alpha value is -1.52. The maximum atomic E-state index is 12.7. The number of halogens is 3. The highest BCUT2D eigenvalue weighted by atomic mass is 19.4. The second kappa shape index (κ2) is 4.05. The van der Waals surface area contributed by atoms with Gasteiger partial charge in [-0.25, -0.2) is 0 Å². The second-order valence-electron chi connectivity index (χ2n) is 4.28. The standard InChI is InChI=1S/C12H12F3NO/c1-7-2-3-8(4-10(7)12(13,14)15)9-5-11(17)16-6-9/h2-4,9H,5-6H2,1H3,(H,16,17). The molecule has 2 nitrogen and oxygen atoms in total. The van der Waals surface area contributed by atoms with Crippen molar-refractivity contribution in [2.45, 2.75) is 25.4 Å². The third-order valence-electron chi connectivity index (χ3n) is 3.02. The van der Waals surface area contributed by atoms with Crippen molar-refractivity contribution in [2.75, 3.05) is 6.54 Å². The molecule has 1 heterocycles. The van der Waals surface area contributed by atoms with Gasteiger partial charge in [0.1, 0.15) is 0 Å². The van der Waals surface area contributed by atoms with E-state index in [1.54, 1.807) is 6.07 Å². The third kappa shape index (κ3) is 2.43. The van der Waals surface area contributed by atoms with Crippen molar-refractivity contribution in [1.82, 2.24) is 5.32 Å². The molecule has 5 heteroatoms. The van der Waals surface area contributed by atoms with Gasteiger partial charge in [-0.1, -0.05) is 12.1 Å². The summed E-state index contributed by atoms with van der Waals surface area (Å²) in [5.74, 6) is -0.256. The van der Waals surface area contributed by atoms with Crippen LogP contribution in [-0.4, -0.2) is 12.5 Å². The smallest absolute Gasteiger partial charge is 0.355 e. The van der Waals surface area contributed by atoms with E-state index in [-0.39, 0.29) is 23.8 Å². The molecule has 0 bridgehead atoms. The van der Waals surface area contributed by atoms with Crippen molar-refractivity contribution in [2.24, 2.45) is 0 Å². The van der Waals surface area contributed by atoms with E-state index in [0.29, 0.717) is 12.1 Å². The molecule has 0 aliphatic carbocycles. The molecule has 1 unspecified atom stereocenters. The number of hydrogen-bond acceptors (Lipinski definition) is 1. The van der Waals surface area contributed by atoms with Crippen molar-refractivity contribution in [1.29, 1.82) is 0 Å². The summed E-state index contributed by atoms with van der Waals surface area (Å²) in [6.07, 6.45) is -4.07. The molecule has 1 atom stereocenters. The first-order chi connectivity index (χ1) is 7.88. The van der Waals surface area contributed by atoms with Gasteiger partial charge in [-0.3, -0.25) is 4.79 Å². The molecule has 1 saturated heterocycles. The van der Waals surface area contributed by atoms with E-state index >= 15 is 0 Å². The zero-order valence-electron chi connectivity index (χ0n) is 9.27. The number of rotatable bonds is 1. The third-order valence-corrected chi connectivity index (χ3v) is 3.02. The molecule has 1 amide bonds. The molecule has 17 heavy (non-hydrogen) atoms. The Morgan fingerprint density at radius 1 is 1.35 bits per heavy atom. The maximum absolute atomic E-state index is 12.7. The van der Waals surface area contributed by atoms with Crippen LogP contribution in [-0.2, 0) is 11.0 Å². The fraction of sp³-hybridized carbons (Fsp3) is 0.417. The SMILES string of the molecule is Cc1ccc(C2CNC(=O)C2)cc1C(F)(F)F. The minimum atomic E-state index is -4.34. The van der Waals surface area contributed by atoms with Crippen LogP contribution in [0.25, 0.3) is 0 Å². The lowest BCUT2D eigenvalue weighted by molar-refractivity contribution is -0.138. The minimum Gasteiger partial charge on any atom is -0.355 e. The molecule has 1 aromatic carbocycles. The van der Waals surface area contributed by atoms with Crippen LogP contribution in [0.2, 0.25) is 0 Å². The van der Waals surface area contributed by atoms with Gasteiger partial charge in [-0.2, -0.15) is 13.2 Å². The molecule has 1 N–H and O–H groups in total. The van der Waals surface area contributed by atoms with Crippen molar-refractivity contribution in [3.63, 3.8) is 0 Å². The van der Waals surface area contributed by atoms with Crippen LogP contribution in [0.15, 0.2) is 18.2 Å². The summed E-state index contributed by atoms with van der Waals surface area (Å²) in [5, 5.41) is 2.62. The quantitative estimate of drug-likeness (QED) is 0.807. The predicted octanol–water partition coefficient (Wildman–Crippen LogP) is 2.62. The zero-order valence-corrected chi connectivity index (χ0v) is 9.27. The summed E-state index contributed by atoms with van der Waals surface area (Å²) >= 11 is 0. The zero-order chi connectivity index (χ0) is 12.6. The molecule has 2 rings (SSSR count). The monoisotopic (exact) mass is 243 g/mol. The molecular weight excluding hydrogens is 231 g/mol. The van der Waals surface area contributed by atoms with Gasteiger partial charge in [0.2, 0.25) is 5.91 Å². The summed E-state index contributed by atoms with van der Waals surface area (Å²) in [5.41, 5.74) is 0.161. The first-order valence-electron chi connectivity index (χ1n) is 5.32. The molecule has 0 radical (unpaired) electrons. The lowest BCUT2D eigenvalue weighted by Crippen LogP contribution is -2.14. The summed E-state index contributed by atoms with van der Waals surface area (Å²) in [6.45, 7) is 1.85. The van der Waals surface area contributed by atoms with Gasteiger partial charge in [0, 0.05) is 18.9 Å². The predicted molar refractivity (Wildman–Crippen MR) is 56.5 cm³/mol. The number of benzene rings is 1. The largest absolute Gasteiger partial charge is 0.416 e. The summed E-state index contributed by atoms with van der Waals surface area (Å²) in [4.78, 5) is 11.0.